The molecule has 2 fully saturated rings. The standard InChI is InChI=1S/C17H21N3O3/c21-15-8-9-16(22)20(15)14-11-19(12-14)17(23)18-10-4-7-13-5-2-1-3-6-13/h1-3,5-6,14H,4,7-12H2,(H,18,23). The maximum atomic E-state index is 12.0. The van der Waals surface area contributed by atoms with E-state index in [4.69, 9.17) is 0 Å². The van der Waals surface area contributed by atoms with Crippen molar-refractivity contribution in [1.82, 2.24) is 15.1 Å². The van der Waals surface area contributed by atoms with E-state index in [-0.39, 0.29) is 23.9 Å². The highest BCUT2D eigenvalue weighted by Crippen LogP contribution is 2.22. The number of imide groups is 1. The molecule has 0 radical (unpaired) electrons. The minimum atomic E-state index is -0.132. The first kappa shape index (κ1) is 15.5. The van der Waals surface area contributed by atoms with Gasteiger partial charge in [0.1, 0.15) is 0 Å². The highest BCUT2D eigenvalue weighted by Gasteiger charge is 2.42. The number of urea groups is 1. The number of carbonyl (C=O) groups is 3. The van der Waals surface area contributed by atoms with Crippen LogP contribution in [0, 0.1) is 0 Å². The summed E-state index contributed by atoms with van der Waals surface area (Å²) >= 11 is 0. The number of aryl methyl sites for hydroxylation is 1. The zero-order valence-electron chi connectivity index (χ0n) is 13.0. The molecule has 4 amide bonds. The summed E-state index contributed by atoms with van der Waals surface area (Å²) in [7, 11) is 0. The van der Waals surface area contributed by atoms with Crippen molar-refractivity contribution in [2.75, 3.05) is 19.6 Å². The van der Waals surface area contributed by atoms with E-state index >= 15 is 0 Å². The molecule has 2 aliphatic heterocycles. The minimum absolute atomic E-state index is 0.108. The number of rotatable bonds is 5. The van der Waals surface area contributed by atoms with Crippen LogP contribution in [-0.4, -0.2) is 53.3 Å². The quantitative estimate of drug-likeness (QED) is 0.655. The Hall–Kier alpha value is -2.37. The van der Waals surface area contributed by atoms with Crippen LogP contribution in [0.5, 0.6) is 0 Å². The zero-order valence-corrected chi connectivity index (χ0v) is 13.0. The Morgan fingerprint density at radius 3 is 2.39 bits per heavy atom. The maximum Gasteiger partial charge on any atom is 0.317 e. The first-order valence-corrected chi connectivity index (χ1v) is 8.07. The van der Waals surface area contributed by atoms with Crippen LogP contribution in [0.1, 0.15) is 24.8 Å². The second kappa shape index (κ2) is 6.81. The van der Waals surface area contributed by atoms with Crippen molar-refractivity contribution in [3.63, 3.8) is 0 Å². The molecule has 1 aromatic carbocycles. The number of hydrogen-bond acceptors (Lipinski definition) is 3. The Balaban J connectivity index is 1.35. The van der Waals surface area contributed by atoms with Crippen molar-refractivity contribution in [3.05, 3.63) is 35.9 Å². The first-order chi connectivity index (χ1) is 11.1. The average molecular weight is 315 g/mol. The Labute approximate surface area is 135 Å². The second-order valence-electron chi connectivity index (χ2n) is 6.04. The van der Waals surface area contributed by atoms with Crippen LogP contribution < -0.4 is 5.32 Å². The van der Waals surface area contributed by atoms with Gasteiger partial charge >= 0.3 is 6.03 Å². The van der Waals surface area contributed by atoms with E-state index in [1.54, 1.807) is 4.90 Å². The molecule has 0 unspecified atom stereocenters. The van der Waals surface area contributed by atoms with E-state index in [0.29, 0.717) is 32.5 Å². The number of benzene rings is 1. The van der Waals surface area contributed by atoms with Crippen LogP contribution in [0.4, 0.5) is 4.79 Å². The lowest BCUT2D eigenvalue weighted by Gasteiger charge is -2.42. The minimum Gasteiger partial charge on any atom is -0.338 e. The van der Waals surface area contributed by atoms with E-state index in [1.165, 1.54) is 10.5 Å². The molecule has 0 atom stereocenters. The first-order valence-electron chi connectivity index (χ1n) is 8.07. The summed E-state index contributed by atoms with van der Waals surface area (Å²) in [5.74, 6) is -0.217. The van der Waals surface area contributed by atoms with Gasteiger partial charge in [-0.15, -0.1) is 0 Å². The van der Waals surface area contributed by atoms with E-state index in [2.05, 4.69) is 17.4 Å². The molecule has 0 aliphatic carbocycles. The smallest absolute Gasteiger partial charge is 0.317 e. The zero-order chi connectivity index (χ0) is 16.2. The van der Waals surface area contributed by atoms with Gasteiger partial charge in [-0.2, -0.15) is 0 Å². The van der Waals surface area contributed by atoms with Crippen LogP contribution in [0.25, 0.3) is 0 Å². The van der Waals surface area contributed by atoms with Crippen LogP contribution >= 0.6 is 0 Å². The second-order valence-corrected chi connectivity index (χ2v) is 6.04. The van der Waals surface area contributed by atoms with E-state index in [0.717, 1.165) is 12.8 Å². The largest absolute Gasteiger partial charge is 0.338 e. The highest BCUT2D eigenvalue weighted by molar-refractivity contribution is 6.02. The summed E-state index contributed by atoms with van der Waals surface area (Å²) in [6.45, 7) is 1.51. The lowest BCUT2D eigenvalue weighted by atomic mass is 10.1. The fraction of sp³-hybridized carbons (Fsp3) is 0.471. The van der Waals surface area contributed by atoms with Gasteiger partial charge in [-0.3, -0.25) is 14.5 Å². The molecule has 1 N–H and O–H groups in total. The van der Waals surface area contributed by atoms with Crippen molar-refractivity contribution in [2.24, 2.45) is 0 Å². The molecule has 1 aromatic rings. The summed E-state index contributed by atoms with van der Waals surface area (Å²) in [6.07, 6.45) is 2.43. The van der Waals surface area contributed by atoms with Crippen molar-refractivity contribution in [2.45, 2.75) is 31.7 Å². The van der Waals surface area contributed by atoms with Gasteiger partial charge in [-0.05, 0) is 18.4 Å². The van der Waals surface area contributed by atoms with E-state index in [1.807, 2.05) is 18.2 Å². The van der Waals surface area contributed by atoms with Gasteiger partial charge in [0, 0.05) is 32.5 Å². The van der Waals surface area contributed by atoms with Gasteiger partial charge in [0.05, 0.1) is 6.04 Å². The number of nitrogens with zero attached hydrogens (tertiary/aromatic N) is 2. The number of amides is 4. The summed E-state index contributed by atoms with van der Waals surface area (Å²) in [4.78, 5) is 38.2. The van der Waals surface area contributed by atoms with Gasteiger partial charge in [0.15, 0.2) is 0 Å². The molecule has 2 heterocycles. The molecule has 2 aliphatic rings. The third-order valence-electron chi connectivity index (χ3n) is 4.37. The summed E-state index contributed by atoms with van der Waals surface area (Å²) in [5, 5.41) is 2.89. The molecular formula is C17H21N3O3. The molecule has 3 rings (SSSR count). The van der Waals surface area contributed by atoms with Crippen LogP contribution in [0.2, 0.25) is 0 Å². The van der Waals surface area contributed by atoms with Crippen LogP contribution in [0.3, 0.4) is 0 Å². The lowest BCUT2D eigenvalue weighted by molar-refractivity contribution is -0.144. The van der Waals surface area contributed by atoms with Crippen molar-refractivity contribution >= 4 is 17.8 Å². The van der Waals surface area contributed by atoms with Gasteiger partial charge in [-0.25, -0.2) is 4.79 Å². The molecule has 2 saturated heterocycles. The topological polar surface area (TPSA) is 69.7 Å². The summed E-state index contributed by atoms with van der Waals surface area (Å²) in [6, 6.07) is 9.91. The number of hydrogen-bond donors (Lipinski definition) is 1. The Morgan fingerprint density at radius 2 is 1.74 bits per heavy atom. The summed E-state index contributed by atoms with van der Waals surface area (Å²) < 4.78 is 0. The van der Waals surface area contributed by atoms with Gasteiger partial charge in [0.2, 0.25) is 11.8 Å². The van der Waals surface area contributed by atoms with Gasteiger partial charge in [-0.1, -0.05) is 30.3 Å². The maximum absolute atomic E-state index is 12.0. The predicted molar refractivity (Wildman–Crippen MR) is 84.6 cm³/mol. The highest BCUT2D eigenvalue weighted by atomic mass is 16.2. The molecule has 0 bridgehead atoms. The monoisotopic (exact) mass is 315 g/mol. The molecule has 122 valence electrons. The van der Waals surface area contributed by atoms with E-state index in [9.17, 15) is 14.4 Å². The SMILES string of the molecule is O=C(NCCCc1ccccc1)N1CC(N2C(=O)CCC2=O)C1. The van der Waals surface area contributed by atoms with Gasteiger partial charge in [0.25, 0.3) is 0 Å². The number of likely N-dealkylation sites (tertiary alicyclic amines) is 2. The van der Waals surface area contributed by atoms with Crippen molar-refractivity contribution in [1.29, 1.82) is 0 Å². The third kappa shape index (κ3) is 3.52. The third-order valence-corrected chi connectivity index (χ3v) is 4.37. The Kier molecular flexibility index (Phi) is 4.60. The molecule has 0 saturated carbocycles. The molecule has 0 spiro atoms. The van der Waals surface area contributed by atoms with Gasteiger partial charge < -0.3 is 10.2 Å². The predicted octanol–water partition coefficient (Wildman–Crippen LogP) is 1.16. The van der Waals surface area contributed by atoms with E-state index < -0.39 is 0 Å². The van der Waals surface area contributed by atoms with Crippen molar-refractivity contribution < 1.29 is 14.4 Å². The average Bonchev–Trinajstić information content (AvgIpc) is 2.83. The molecular weight excluding hydrogens is 294 g/mol. The molecule has 6 nitrogen and oxygen atoms in total. The molecule has 23 heavy (non-hydrogen) atoms. The molecule has 0 aromatic heterocycles. The number of nitrogens with one attached hydrogen (secondary N) is 1. The lowest BCUT2D eigenvalue weighted by Crippen LogP contribution is -2.64. The summed E-state index contributed by atoms with van der Waals surface area (Å²) in [5.41, 5.74) is 1.26. The normalized spacial score (nSPS) is 18.3. The fourth-order valence-electron chi connectivity index (χ4n) is 3.03. The Bertz CT molecular complexity index is 580. The fourth-order valence-corrected chi connectivity index (χ4v) is 3.03. The molecule has 6 heteroatoms. The Morgan fingerprint density at radius 1 is 1.09 bits per heavy atom. The number of carbonyl (C=O) groups excluding carboxylic acids is 3. The van der Waals surface area contributed by atoms with Crippen molar-refractivity contribution in [3.8, 4) is 0 Å². The van der Waals surface area contributed by atoms with Crippen LogP contribution in [0.15, 0.2) is 30.3 Å². The van der Waals surface area contributed by atoms with Crippen LogP contribution in [-0.2, 0) is 16.0 Å².